The van der Waals surface area contributed by atoms with E-state index in [-0.39, 0.29) is 13.2 Å². The second-order valence-electron chi connectivity index (χ2n) is 19.0. The van der Waals surface area contributed by atoms with Gasteiger partial charge in [0.1, 0.15) is 37.1 Å². The quantitative estimate of drug-likeness (QED) is 0.0537. The number of halogens is 6. The number of aromatic amines is 1. The standard InChI is InChI=1S/C21H19Cl2N5O2.C21H18Cl2N2O2.C20H18Cl2N2O/c1-13-16(11-29)15-10-14(30-12-17-18(22)4-2-5-19(17)23)7-8-20(15)28(13)9-3-6-21-24-26-27-25-21;1-14-17(12-26)16-11-15(7-8-21(16)25(14)10-3-2-9-24)27-13-18-19(22)5-4-6-20(18)23;1-14-11-15-12-16(7-8-20(15)24(14)10-3-2-9-23)25-13-17-18(21)5-4-6-19(17)22/h2,4-5,7-8,10-11H,3,6,9,12H2,1H3,(H,24,25,26,27);4-8,11-12H,2-3,10,13H2,1H3;4-8,11-12H,2-3,10,13H2,1H3. The van der Waals surface area contributed by atoms with Gasteiger partial charge in [0.05, 0.1) is 12.1 Å². The van der Waals surface area contributed by atoms with E-state index in [1.165, 1.54) is 5.69 Å². The fourth-order valence-electron chi connectivity index (χ4n) is 9.59. The molecule has 4 heterocycles. The average molecular weight is 1220 g/mol. The van der Waals surface area contributed by atoms with Gasteiger partial charge in [-0.2, -0.15) is 15.7 Å². The van der Waals surface area contributed by atoms with Crippen molar-refractivity contribution in [1.29, 1.82) is 10.5 Å². The summed E-state index contributed by atoms with van der Waals surface area (Å²) in [6.45, 7) is 9.02. The maximum absolute atomic E-state index is 11.8. The minimum atomic E-state index is 0.238. The molecule has 1 N–H and O–H groups in total. The maximum Gasteiger partial charge on any atom is 0.174 e. The molecule has 0 aliphatic heterocycles. The number of hydrogen-bond donors (Lipinski definition) is 1. The van der Waals surface area contributed by atoms with Gasteiger partial charge >= 0.3 is 0 Å². The van der Waals surface area contributed by atoms with Gasteiger partial charge < -0.3 is 27.9 Å². The number of aromatic nitrogens is 7. The molecule has 4 aromatic heterocycles. The van der Waals surface area contributed by atoms with Gasteiger partial charge in [0.2, 0.25) is 0 Å². The molecule has 0 aliphatic rings. The van der Waals surface area contributed by atoms with Crippen molar-refractivity contribution >= 4 is 115 Å². The fourth-order valence-corrected chi connectivity index (χ4v) is 11.1. The number of nitriles is 2. The Morgan fingerprint density at radius 2 is 0.927 bits per heavy atom. The first-order valence-corrected chi connectivity index (χ1v) is 28.4. The summed E-state index contributed by atoms with van der Waals surface area (Å²) in [6.07, 6.45) is 5.92. The summed E-state index contributed by atoms with van der Waals surface area (Å²) in [6, 6.07) is 40.0. The molecule has 10 rings (SSSR count). The van der Waals surface area contributed by atoms with Crippen LogP contribution in [0.1, 0.15) is 92.4 Å². The van der Waals surface area contributed by atoms with Crippen LogP contribution in [0, 0.1) is 43.4 Å². The Morgan fingerprint density at radius 1 is 0.524 bits per heavy atom. The first-order valence-electron chi connectivity index (χ1n) is 26.1. The predicted molar refractivity (Wildman–Crippen MR) is 325 cm³/mol. The number of unbranched alkanes of at least 4 members (excludes halogenated alkanes) is 2. The zero-order chi connectivity index (χ0) is 58.3. The average Bonchev–Trinajstić information content (AvgIpc) is 4.22. The van der Waals surface area contributed by atoms with Crippen molar-refractivity contribution in [2.45, 2.75) is 98.8 Å². The zero-order valence-corrected chi connectivity index (χ0v) is 49.5. The first-order chi connectivity index (χ1) is 39.7. The van der Waals surface area contributed by atoms with Crippen molar-refractivity contribution in [3.63, 3.8) is 0 Å². The van der Waals surface area contributed by atoms with Gasteiger partial charge in [-0.15, -0.1) is 10.2 Å². The molecule has 0 fully saturated rings. The van der Waals surface area contributed by atoms with Crippen LogP contribution in [0.4, 0.5) is 0 Å². The van der Waals surface area contributed by atoms with Crippen LogP contribution in [0.2, 0.25) is 30.1 Å². The largest absolute Gasteiger partial charge is 0.489 e. The molecule has 0 atom stereocenters. The molecule has 0 unspecified atom stereocenters. The molecule has 0 saturated carbocycles. The minimum absolute atomic E-state index is 0.238. The molecule has 420 valence electrons. The van der Waals surface area contributed by atoms with Crippen molar-refractivity contribution in [2.24, 2.45) is 0 Å². The third-order valence-corrected chi connectivity index (χ3v) is 16.0. The Bertz CT molecular complexity index is 3910. The Labute approximate surface area is 504 Å². The number of hydrogen-bond acceptors (Lipinski definition) is 10. The Hall–Kier alpha value is -7.53. The smallest absolute Gasteiger partial charge is 0.174 e. The molecule has 14 nitrogen and oxygen atoms in total. The van der Waals surface area contributed by atoms with Crippen LogP contribution in [0.5, 0.6) is 17.2 Å². The summed E-state index contributed by atoms with van der Waals surface area (Å²) in [5.41, 5.74) is 9.61. The molecule has 0 aliphatic carbocycles. The van der Waals surface area contributed by atoms with E-state index in [2.05, 4.69) is 65.5 Å². The number of benzene rings is 6. The number of aryl methyl sites for hydroxylation is 5. The highest BCUT2D eigenvalue weighted by Gasteiger charge is 2.18. The van der Waals surface area contributed by atoms with Crippen LogP contribution >= 0.6 is 69.6 Å². The van der Waals surface area contributed by atoms with Crippen LogP contribution in [0.25, 0.3) is 32.7 Å². The van der Waals surface area contributed by atoms with Crippen molar-refractivity contribution in [3.8, 4) is 29.4 Å². The number of nitrogens with zero attached hydrogens (tertiary/aromatic N) is 8. The number of carbonyl (C=O) groups excluding carboxylic acids is 2. The molecule has 20 heteroatoms. The first kappa shape index (κ1) is 60.6. The maximum atomic E-state index is 11.8. The molecule has 0 spiro atoms. The molecule has 6 aromatic carbocycles. The predicted octanol–water partition coefficient (Wildman–Crippen LogP) is 16.9. The number of rotatable bonds is 21. The molecule has 82 heavy (non-hydrogen) atoms. The topological polar surface area (TPSA) is 179 Å². The Kier molecular flexibility index (Phi) is 21.4. The van der Waals surface area contributed by atoms with Gasteiger partial charge in [-0.05, 0) is 137 Å². The van der Waals surface area contributed by atoms with Crippen LogP contribution in [-0.4, -0.2) is 46.9 Å². The third-order valence-electron chi connectivity index (χ3n) is 13.8. The van der Waals surface area contributed by atoms with Gasteiger partial charge in [-0.1, -0.05) is 93.0 Å². The van der Waals surface area contributed by atoms with Gasteiger partial charge in [0.25, 0.3) is 0 Å². The highest BCUT2D eigenvalue weighted by molar-refractivity contribution is 6.37. The van der Waals surface area contributed by atoms with E-state index in [1.807, 2.05) is 68.4 Å². The number of fused-ring (bicyclic) bond motifs is 3. The lowest BCUT2D eigenvalue weighted by atomic mass is 10.1. The number of H-pyrrole nitrogens is 1. The summed E-state index contributed by atoms with van der Waals surface area (Å²) in [5.74, 6) is 2.73. The summed E-state index contributed by atoms with van der Waals surface area (Å²) in [4.78, 5) is 23.4. The van der Waals surface area contributed by atoms with Crippen molar-refractivity contribution in [3.05, 3.63) is 196 Å². The number of nitrogens with one attached hydrogen (secondary N) is 1. The van der Waals surface area contributed by atoms with Crippen LogP contribution < -0.4 is 14.2 Å². The molecular formula is C62H55Cl6N9O5. The van der Waals surface area contributed by atoms with Gasteiger partial charge in [-0.3, -0.25) is 9.59 Å². The van der Waals surface area contributed by atoms with Crippen molar-refractivity contribution in [1.82, 2.24) is 34.3 Å². The third kappa shape index (κ3) is 14.6. The second kappa shape index (κ2) is 28.9. The van der Waals surface area contributed by atoms with E-state index in [0.29, 0.717) is 91.0 Å². The van der Waals surface area contributed by atoms with E-state index < -0.39 is 0 Å². The molecule has 0 saturated heterocycles. The van der Waals surface area contributed by atoms with E-state index in [0.717, 1.165) is 111 Å². The monoisotopic (exact) mass is 1220 g/mol. The second-order valence-corrected chi connectivity index (χ2v) is 21.4. The van der Waals surface area contributed by atoms with Crippen LogP contribution in [0.3, 0.4) is 0 Å². The lowest BCUT2D eigenvalue weighted by Gasteiger charge is -2.10. The van der Waals surface area contributed by atoms with Gasteiger partial charge in [0.15, 0.2) is 18.4 Å². The number of aldehydes is 2. The normalized spacial score (nSPS) is 10.9. The van der Waals surface area contributed by atoms with Gasteiger partial charge in [-0.25, -0.2) is 0 Å². The summed E-state index contributed by atoms with van der Waals surface area (Å²) >= 11 is 37.2. The van der Waals surface area contributed by atoms with Crippen molar-refractivity contribution < 1.29 is 23.8 Å². The van der Waals surface area contributed by atoms with Crippen LogP contribution in [-0.2, 0) is 45.9 Å². The lowest BCUT2D eigenvalue weighted by molar-refractivity contribution is 0.111. The number of ether oxygens (including phenoxy) is 3. The Balaban J connectivity index is 0.000000162. The Morgan fingerprint density at radius 3 is 1.33 bits per heavy atom. The summed E-state index contributed by atoms with van der Waals surface area (Å²) < 4.78 is 24.1. The summed E-state index contributed by atoms with van der Waals surface area (Å²) in [5, 5.41) is 37.7. The minimum Gasteiger partial charge on any atom is -0.489 e. The van der Waals surface area contributed by atoms with Crippen molar-refractivity contribution in [2.75, 3.05) is 0 Å². The van der Waals surface area contributed by atoms with E-state index >= 15 is 0 Å². The highest BCUT2D eigenvalue weighted by atomic mass is 35.5. The van der Waals surface area contributed by atoms with Crippen LogP contribution in [0.15, 0.2) is 115 Å². The van der Waals surface area contributed by atoms with E-state index in [4.69, 9.17) is 94.3 Å². The number of carbonyl (C=O) groups is 2. The number of tetrazole rings is 1. The zero-order valence-electron chi connectivity index (χ0n) is 45.0. The molecular weight excluding hydrogens is 1160 g/mol. The molecule has 0 amide bonds. The van der Waals surface area contributed by atoms with E-state index in [9.17, 15) is 9.59 Å². The molecule has 0 bridgehead atoms. The summed E-state index contributed by atoms with van der Waals surface area (Å²) in [7, 11) is 0. The fraction of sp³-hybridized carbons (Fsp3) is 0.242. The molecule has 0 radical (unpaired) electrons. The SMILES string of the molecule is Cc1c(C=O)c2cc(OCc3c(Cl)cccc3Cl)ccc2n1CCCC#N.Cc1c(C=O)c2cc(OCc3c(Cl)cccc3Cl)ccc2n1CCCc1nn[nH]n1.Cc1cc2cc(OCc3c(Cl)cccc3Cl)ccc2n1CCCC#N. The van der Waals surface area contributed by atoms with Gasteiger partial charge in [0, 0.05) is 147 Å². The lowest BCUT2D eigenvalue weighted by Crippen LogP contribution is -2.03. The van der Waals surface area contributed by atoms with E-state index in [1.54, 1.807) is 48.5 Å². The highest BCUT2D eigenvalue weighted by Crippen LogP contribution is 2.34. The molecule has 10 aromatic rings.